The summed E-state index contributed by atoms with van der Waals surface area (Å²) in [5.41, 5.74) is 6.10. The van der Waals surface area contributed by atoms with Crippen LogP contribution in [0.4, 0.5) is 0 Å². The summed E-state index contributed by atoms with van der Waals surface area (Å²) < 4.78 is 1.88. The van der Waals surface area contributed by atoms with Crippen LogP contribution in [0.15, 0.2) is 84.9 Å². The Morgan fingerprint density at radius 2 is 1.24 bits per heavy atom. The second-order valence-corrected chi connectivity index (χ2v) is 7.14. The van der Waals surface area contributed by atoms with Gasteiger partial charge in [0, 0.05) is 16.1 Å². The second kappa shape index (κ2) is 7.45. The molecule has 0 bridgehead atoms. The van der Waals surface area contributed by atoms with Crippen LogP contribution < -0.4 is 0 Å². The van der Waals surface area contributed by atoms with Gasteiger partial charge in [0.25, 0.3) is 0 Å². The first kappa shape index (κ1) is 17.5. The zero-order chi connectivity index (χ0) is 19.6. The van der Waals surface area contributed by atoms with E-state index in [2.05, 4.69) is 20.5 Å². The maximum Gasteiger partial charge on any atom is 0.143 e. The quantitative estimate of drug-likeness (QED) is 0.415. The molecule has 140 valence electrons. The normalized spacial score (nSPS) is 11.1. The number of benzene rings is 3. The zero-order valence-corrected chi connectivity index (χ0v) is 16.2. The highest BCUT2D eigenvalue weighted by Gasteiger charge is 2.19. The summed E-state index contributed by atoms with van der Waals surface area (Å²) in [7, 11) is 0. The van der Waals surface area contributed by atoms with Gasteiger partial charge in [0.2, 0.25) is 0 Å². The van der Waals surface area contributed by atoms with Crippen molar-refractivity contribution in [1.29, 1.82) is 0 Å². The van der Waals surface area contributed by atoms with Crippen LogP contribution in [0.2, 0.25) is 5.02 Å². The Morgan fingerprint density at radius 1 is 0.655 bits per heavy atom. The molecule has 0 unspecified atom stereocenters. The van der Waals surface area contributed by atoms with E-state index in [0.29, 0.717) is 11.6 Å². The minimum Gasteiger partial charge on any atom is -0.238 e. The predicted molar refractivity (Wildman–Crippen MR) is 115 cm³/mol. The third-order valence-corrected chi connectivity index (χ3v) is 5.03. The van der Waals surface area contributed by atoms with Crippen molar-refractivity contribution in [3.8, 4) is 22.5 Å². The average molecular weight is 398 g/mol. The fraction of sp³-hybridized carbons (Fsp3) is 0.0435. The van der Waals surface area contributed by atoms with Gasteiger partial charge in [-0.25, -0.2) is 4.68 Å². The molecule has 5 aromatic rings. The summed E-state index contributed by atoms with van der Waals surface area (Å²) in [6, 6.07) is 27.7. The van der Waals surface area contributed by atoms with E-state index in [0.717, 1.165) is 39.1 Å². The smallest absolute Gasteiger partial charge is 0.143 e. The SMILES string of the molecule is Clc1ccc(Cn2nnc3c(-c4ccccc4)nnc(-c4ccccc4)c32)cc1. The lowest BCUT2D eigenvalue weighted by molar-refractivity contribution is 0.669. The Labute approximate surface area is 172 Å². The van der Waals surface area contributed by atoms with Gasteiger partial charge in [-0.05, 0) is 17.7 Å². The highest BCUT2D eigenvalue weighted by molar-refractivity contribution is 6.30. The molecule has 0 atom stereocenters. The summed E-state index contributed by atoms with van der Waals surface area (Å²) in [5.74, 6) is 0. The van der Waals surface area contributed by atoms with Crippen molar-refractivity contribution in [2.75, 3.05) is 0 Å². The number of halogens is 1. The maximum atomic E-state index is 6.03. The number of hydrogen-bond donors (Lipinski definition) is 0. The van der Waals surface area contributed by atoms with E-state index in [1.54, 1.807) is 0 Å². The Morgan fingerprint density at radius 3 is 1.90 bits per heavy atom. The fourth-order valence-corrected chi connectivity index (χ4v) is 3.48. The lowest BCUT2D eigenvalue weighted by Gasteiger charge is -2.08. The monoisotopic (exact) mass is 397 g/mol. The lowest BCUT2D eigenvalue weighted by Crippen LogP contribution is -2.04. The molecule has 0 spiro atoms. The molecule has 6 heteroatoms. The molecule has 5 rings (SSSR count). The van der Waals surface area contributed by atoms with Crippen molar-refractivity contribution in [2.24, 2.45) is 0 Å². The van der Waals surface area contributed by atoms with Crippen molar-refractivity contribution in [1.82, 2.24) is 25.2 Å². The van der Waals surface area contributed by atoms with Crippen molar-refractivity contribution in [2.45, 2.75) is 6.54 Å². The van der Waals surface area contributed by atoms with E-state index in [9.17, 15) is 0 Å². The Kier molecular flexibility index (Phi) is 4.50. The third-order valence-electron chi connectivity index (χ3n) is 4.77. The van der Waals surface area contributed by atoms with Gasteiger partial charge < -0.3 is 0 Å². The first-order chi connectivity index (χ1) is 14.3. The van der Waals surface area contributed by atoms with Gasteiger partial charge in [0.05, 0.1) is 6.54 Å². The fourth-order valence-electron chi connectivity index (χ4n) is 3.36. The van der Waals surface area contributed by atoms with E-state index in [-0.39, 0.29) is 0 Å². The maximum absolute atomic E-state index is 6.03. The second-order valence-electron chi connectivity index (χ2n) is 6.70. The van der Waals surface area contributed by atoms with Crippen molar-refractivity contribution in [3.63, 3.8) is 0 Å². The van der Waals surface area contributed by atoms with Gasteiger partial charge >= 0.3 is 0 Å². The molecule has 0 saturated carbocycles. The number of nitrogens with zero attached hydrogens (tertiary/aromatic N) is 5. The molecule has 2 aromatic heterocycles. The van der Waals surface area contributed by atoms with Crippen LogP contribution in [0.3, 0.4) is 0 Å². The first-order valence-electron chi connectivity index (χ1n) is 9.25. The van der Waals surface area contributed by atoms with Crippen molar-refractivity contribution >= 4 is 22.6 Å². The topological polar surface area (TPSA) is 56.5 Å². The van der Waals surface area contributed by atoms with Crippen LogP contribution >= 0.6 is 11.6 Å². The summed E-state index contributed by atoms with van der Waals surface area (Å²) >= 11 is 6.03. The summed E-state index contributed by atoms with van der Waals surface area (Å²) in [4.78, 5) is 0. The van der Waals surface area contributed by atoms with E-state index in [1.807, 2.05) is 89.6 Å². The molecular formula is C23H16ClN5. The van der Waals surface area contributed by atoms with Gasteiger partial charge in [0.1, 0.15) is 22.4 Å². The first-order valence-corrected chi connectivity index (χ1v) is 9.62. The van der Waals surface area contributed by atoms with Gasteiger partial charge in [-0.1, -0.05) is 89.6 Å². The van der Waals surface area contributed by atoms with Crippen molar-refractivity contribution in [3.05, 3.63) is 95.5 Å². The molecule has 0 aliphatic rings. The summed E-state index contributed by atoms with van der Waals surface area (Å²) in [6.45, 7) is 0.563. The summed E-state index contributed by atoms with van der Waals surface area (Å²) in [5, 5.41) is 18.7. The molecule has 2 heterocycles. The minimum atomic E-state index is 0.563. The van der Waals surface area contributed by atoms with Gasteiger partial charge in [-0.15, -0.1) is 15.3 Å². The highest BCUT2D eigenvalue weighted by atomic mass is 35.5. The molecular weight excluding hydrogens is 382 g/mol. The minimum absolute atomic E-state index is 0.563. The Hall–Kier alpha value is -3.57. The van der Waals surface area contributed by atoms with E-state index < -0.39 is 0 Å². The van der Waals surface area contributed by atoms with Crippen LogP contribution in [0.5, 0.6) is 0 Å². The Balaban J connectivity index is 1.72. The largest absolute Gasteiger partial charge is 0.238 e. The van der Waals surface area contributed by atoms with E-state index in [4.69, 9.17) is 11.6 Å². The highest BCUT2D eigenvalue weighted by Crippen LogP contribution is 2.31. The number of fused-ring (bicyclic) bond motifs is 1. The Bertz CT molecular complexity index is 1270. The average Bonchev–Trinajstić information content (AvgIpc) is 3.20. The predicted octanol–water partition coefficient (Wildman–Crippen LogP) is 5.26. The van der Waals surface area contributed by atoms with Gasteiger partial charge in [0.15, 0.2) is 0 Å². The molecule has 5 nitrogen and oxygen atoms in total. The summed E-state index contributed by atoms with van der Waals surface area (Å²) in [6.07, 6.45) is 0. The molecule has 29 heavy (non-hydrogen) atoms. The molecule has 0 radical (unpaired) electrons. The molecule has 0 saturated heterocycles. The van der Waals surface area contributed by atoms with Crippen LogP contribution in [0, 0.1) is 0 Å². The molecule has 0 aliphatic heterocycles. The number of hydrogen-bond acceptors (Lipinski definition) is 4. The lowest BCUT2D eigenvalue weighted by atomic mass is 10.1. The van der Waals surface area contributed by atoms with Crippen LogP contribution in [-0.4, -0.2) is 25.2 Å². The van der Waals surface area contributed by atoms with Crippen molar-refractivity contribution < 1.29 is 0 Å². The number of aromatic nitrogens is 5. The molecule has 0 aliphatic carbocycles. The van der Waals surface area contributed by atoms with Crippen LogP contribution in [-0.2, 0) is 6.54 Å². The molecule has 0 N–H and O–H groups in total. The van der Waals surface area contributed by atoms with Crippen LogP contribution in [0.1, 0.15) is 5.56 Å². The van der Waals surface area contributed by atoms with Crippen LogP contribution in [0.25, 0.3) is 33.5 Å². The van der Waals surface area contributed by atoms with E-state index >= 15 is 0 Å². The molecule has 0 amide bonds. The zero-order valence-electron chi connectivity index (χ0n) is 15.4. The van der Waals surface area contributed by atoms with Gasteiger partial charge in [-0.2, -0.15) is 0 Å². The van der Waals surface area contributed by atoms with E-state index in [1.165, 1.54) is 0 Å². The van der Waals surface area contributed by atoms with Gasteiger partial charge in [-0.3, -0.25) is 0 Å². The molecule has 3 aromatic carbocycles. The molecule has 0 fully saturated rings. The number of rotatable bonds is 4. The third kappa shape index (κ3) is 3.37. The standard InChI is InChI=1S/C23H16ClN5/c24-19-13-11-16(12-14-19)15-29-23-21(18-9-5-2-6-10-18)26-25-20(22(23)27-28-29)17-7-3-1-4-8-17/h1-14H,15H2.